The lowest BCUT2D eigenvalue weighted by Gasteiger charge is -2.32. The Morgan fingerprint density at radius 3 is 2.21 bits per heavy atom. The Labute approximate surface area is 206 Å². The van der Waals surface area contributed by atoms with E-state index in [1.807, 2.05) is 39.0 Å². The maximum Gasteiger partial charge on any atom is 0.243 e. The summed E-state index contributed by atoms with van der Waals surface area (Å²) in [4.78, 5) is 27.9. The highest BCUT2D eigenvalue weighted by molar-refractivity contribution is 6.36. The molecule has 0 radical (unpaired) electrons. The molecule has 6 nitrogen and oxygen atoms in total. The lowest BCUT2D eigenvalue weighted by atomic mass is 10.1. The zero-order valence-corrected chi connectivity index (χ0v) is 21.3. The van der Waals surface area contributed by atoms with E-state index in [1.54, 1.807) is 37.3 Å². The molecule has 8 heteroatoms. The van der Waals surface area contributed by atoms with Crippen LogP contribution in [0, 0.1) is 0 Å². The second-order valence-corrected chi connectivity index (χ2v) is 8.81. The van der Waals surface area contributed by atoms with Crippen LogP contribution in [0.25, 0.3) is 0 Å². The molecule has 1 unspecified atom stereocenters. The van der Waals surface area contributed by atoms with Crippen molar-refractivity contribution in [2.24, 2.45) is 0 Å². The van der Waals surface area contributed by atoms with Gasteiger partial charge in [-0.1, -0.05) is 42.3 Å². The van der Waals surface area contributed by atoms with Crippen molar-refractivity contribution >= 4 is 35.0 Å². The number of carbonyl (C=O) groups excluding carboxylic acids is 2. The van der Waals surface area contributed by atoms with Crippen LogP contribution >= 0.6 is 23.2 Å². The fourth-order valence-electron chi connectivity index (χ4n) is 3.58. The number of methoxy groups -OCH3 is 2. The van der Waals surface area contributed by atoms with Gasteiger partial charge in [-0.05, 0) is 56.5 Å². The van der Waals surface area contributed by atoms with Gasteiger partial charge in [0, 0.05) is 34.6 Å². The van der Waals surface area contributed by atoms with Crippen LogP contribution in [0.3, 0.4) is 0 Å². The summed E-state index contributed by atoms with van der Waals surface area (Å²) in [7, 11) is 3.15. The number of hydrogen-bond donors (Lipinski definition) is 1. The van der Waals surface area contributed by atoms with Gasteiger partial charge in [0.25, 0.3) is 0 Å². The molecule has 0 saturated heterocycles. The highest BCUT2D eigenvalue weighted by Gasteiger charge is 2.29. The number of hydrogen-bond acceptors (Lipinski definition) is 4. The van der Waals surface area contributed by atoms with E-state index >= 15 is 0 Å². The van der Waals surface area contributed by atoms with Crippen molar-refractivity contribution in [3.8, 4) is 11.5 Å². The van der Waals surface area contributed by atoms with Crippen molar-refractivity contribution < 1.29 is 19.1 Å². The number of nitrogens with one attached hydrogen (secondary N) is 1. The number of carbonyl (C=O) groups is 2. The molecule has 0 bridgehead atoms. The van der Waals surface area contributed by atoms with Crippen molar-refractivity contribution in [3.63, 3.8) is 0 Å². The predicted molar refractivity (Wildman–Crippen MR) is 132 cm³/mol. The van der Waals surface area contributed by atoms with Crippen LogP contribution in [0.1, 0.15) is 44.7 Å². The predicted octanol–water partition coefficient (Wildman–Crippen LogP) is 5.28. The third kappa shape index (κ3) is 7.27. The quantitative estimate of drug-likeness (QED) is 0.461. The number of ether oxygens (including phenoxy) is 2. The third-order valence-electron chi connectivity index (χ3n) is 5.28. The van der Waals surface area contributed by atoms with Gasteiger partial charge >= 0.3 is 0 Å². The molecule has 180 valence electrons. The summed E-state index contributed by atoms with van der Waals surface area (Å²) in [5, 5.41) is 3.83. The number of halogens is 2. The van der Waals surface area contributed by atoms with Crippen LogP contribution in [-0.2, 0) is 22.6 Å². The summed E-state index contributed by atoms with van der Waals surface area (Å²) in [6, 6.07) is 10.1. The molecule has 2 aromatic rings. The van der Waals surface area contributed by atoms with Gasteiger partial charge in [-0.15, -0.1) is 0 Å². The first-order chi connectivity index (χ1) is 15.7. The molecular formula is C25H32Cl2N2O4. The summed E-state index contributed by atoms with van der Waals surface area (Å²) in [6.45, 7) is 5.80. The highest BCUT2D eigenvalue weighted by Crippen LogP contribution is 2.29. The lowest BCUT2D eigenvalue weighted by Crippen LogP contribution is -2.50. The van der Waals surface area contributed by atoms with Gasteiger partial charge in [-0.2, -0.15) is 0 Å². The first-order valence-corrected chi connectivity index (χ1v) is 11.7. The van der Waals surface area contributed by atoms with E-state index in [2.05, 4.69) is 5.32 Å². The topological polar surface area (TPSA) is 67.9 Å². The minimum absolute atomic E-state index is 0.0424. The normalized spacial score (nSPS) is 11.8. The smallest absolute Gasteiger partial charge is 0.243 e. The van der Waals surface area contributed by atoms with Crippen LogP contribution in [0.5, 0.6) is 11.5 Å². The average Bonchev–Trinajstić information content (AvgIpc) is 2.78. The van der Waals surface area contributed by atoms with E-state index < -0.39 is 6.04 Å². The standard InChI is InChI=1S/C25H32Cl2N2O4/c1-6-21(25(31)28-16(2)3)29(15-18-19(26)8-7-9-20(18)27)24(30)13-11-17-10-12-22(32-4)23(14-17)33-5/h7-10,12,14,16,21H,6,11,13,15H2,1-5H3,(H,28,31). The van der Waals surface area contributed by atoms with E-state index in [4.69, 9.17) is 32.7 Å². The van der Waals surface area contributed by atoms with Gasteiger partial charge in [0.2, 0.25) is 11.8 Å². The number of benzene rings is 2. The third-order valence-corrected chi connectivity index (χ3v) is 5.99. The Hall–Kier alpha value is -2.44. The first-order valence-electron chi connectivity index (χ1n) is 10.9. The van der Waals surface area contributed by atoms with E-state index in [-0.39, 0.29) is 30.8 Å². The number of amides is 2. The second kappa shape index (κ2) is 12.7. The number of aryl methyl sites for hydroxylation is 1. The van der Waals surface area contributed by atoms with Gasteiger partial charge in [-0.25, -0.2) is 0 Å². The average molecular weight is 495 g/mol. The Balaban J connectivity index is 2.29. The summed E-state index contributed by atoms with van der Waals surface area (Å²) in [6.07, 6.45) is 1.15. The van der Waals surface area contributed by atoms with Crippen LogP contribution in [0.2, 0.25) is 10.0 Å². The number of rotatable bonds is 11. The van der Waals surface area contributed by atoms with Gasteiger partial charge in [0.15, 0.2) is 11.5 Å². The van der Waals surface area contributed by atoms with Crippen LogP contribution in [-0.4, -0.2) is 43.0 Å². The van der Waals surface area contributed by atoms with Gasteiger partial charge < -0.3 is 19.7 Å². The van der Waals surface area contributed by atoms with Crippen molar-refractivity contribution in [1.29, 1.82) is 0 Å². The Morgan fingerprint density at radius 2 is 1.67 bits per heavy atom. The van der Waals surface area contributed by atoms with Crippen molar-refractivity contribution in [1.82, 2.24) is 10.2 Å². The van der Waals surface area contributed by atoms with Crippen LogP contribution in [0.15, 0.2) is 36.4 Å². The minimum atomic E-state index is -0.641. The molecule has 0 aliphatic heterocycles. The molecule has 1 N–H and O–H groups in total. The molecule has 0 aliphatic carbocycles. The van der Waals surface area contributed by atoms with E-state index in [1.165, 1.54) is 0 Å². The second-order valence-electron chi connectivity index (χ2n) is 8.00. The Morgan fingerprint density at radius 1 is 1.03 bits per heavy atom. The summed E-state index contributed by atoms with van der Waals surface area (Å²) in [5.74, 6) is 0.866. The minimum Gasteiger partial charge on any atom is -0.493 e. The molecule has 33 heavy (non-hydrogen) atoms. The Bertz CT molecular complexity index is 945. The number of nitrogens with zero attached hydrogens (tertiary/aromatic N) is 1. The largest absolute Gasteiger partial charge is 0.493 e. The van der Waals surface area contributed by atoms with Crippen molar-refractivity contribution in [2.75, 3.05) is 14.2 Å². The molecule has 0 aliphatic rings. The van der Waals surface area contributed by atoms with Crippen molar-refractivity contribution in [2.45, 2.75) is 58.7 Å². The molecule has 0 spiro atoms. The van der Waals surface area contributed by atoms with Crippen LogP contribution < -0.4 is 14.8 Å². The first kappa shape index (κ1) is 26.8. The molecule has 0 saturated carbocycles. The summed E-state index contributed by atoms with van der Waals surface area (Å²) >= 11 is 12.8. The molecular weight excluding hydrogens is 463 g/mol. The highest BCUT2D eigenvalue weighted by atomic mass is 35.5. The van der Waals surface area contributed by atoms with E-state index in [0.717, 1.165) is 5.56 Å². The molecule has 2 aromatic carbocycles. The van der Waals surface area contributed by atoms with Crippen LogP contribution in [0.4, 0.5) is 0 Å². The van der Waals surface area contributed by atoms with Crippen molar-refractivity contribution in [3.05, 3.63) is 57.6 Å². The Kier molecular flexibility index (Phi) is 10.3. The SMILES string of the molecule is CCC(C(=O)NC(C)C)N(Cc1c(Cl)cccc1Cl)C(=O)CCc1ccc(OC)c(OC)c1. The molecule has 0 fully saturated rings. The molecule has 1 atom stereocenters. The maximum atomic E-state index is 13.4. The van der Waals surface area contributed by atoms with E-state index in [9.17, 15) is 9.59 Å². The summed E-state index contributed by atoms with van der Waals surface area (Å²) in [5.41, 5.74) is 1.55. The monoisotopic (exact) mass is 494 g/mol. The fourth-order valence-corrected chi connectivity index (χ4v) is 4.10. The van der Waals surface area contributed by atoms with Gasteiger partial charge in [0.1, 0.15) is 6.04 Å². The van der Waals surface area contributed by atoms with Gasteiger partial charge in [0.05, 0.1) is 14.2 Å². The summed E-state index contributed by atoms with van der Waals surface area (Å²) < 4.78 is 10.6. The van der Waals surface area contributed by atoms with E-state index in [0.29, 0.717) is 39.9 Å². The molecule has 0 aromatic heterocycles. The zero-order valence-electron chi connectivity index (χ0n) is 19.8. The molecule has 2 amide bonds. The zero-order chi connectivity index (χ0) is 24.5. The molecule has 0 heterocycles. The maximum absolute atomic E-state index is 13.4. The fraction of sp³-hybridized carbons (Fsp3) is 0.440. The molecule has 2 rings (SSSR count). The lowest BCUT2D eigenvalue weighted by molar-refractivity contribution is -0.141. The van der Waals surface area contributed by atoms with Gasteiger partial charge in [-0.3, -0.25) is 9.59 Å².